The van der Waals surface area contributed by atoms with Crippen LogP contribution in [0.15, 0.2) is 71.8 Å². The Hall–Kier alpha value is -2.86. The number of aryl methyl sites for hydroxylation is 2. The predicted molar refractivity (Wildman–Crippen MR) is 109 cm³/mol. The lowest BCUT2D eigenvalue weighted by molar-refractivity contribution is 0.600. The summed E-state index contributed by atoms with van der Waals surface area (Å²) in [6, 6.07) is 18.9. The number of aromatic nitrogens is 1. The maximum absolute atomic E-state index is 12.6. The Morgan fingerprint density at radius 3 is 2.33 bits per heavy atom. The van der Waals surface area contributed by atoms with Crippen LogP contribution in [-0.4, -0.2) is 13.4 Å². The number of nitrogens with one attached hydrogen (secondary N) is 2. The van der Waals surface area contributed by atoms with Gasteiger partial charge in [-0.15, -0.1) is 0 Å². The molecule has 0 spiro atoms. The number of hydrogen-bond acceptors (Lipinski definition) is 4. The van der Waals surface area contributed by atoms with Gasteiger partial charge in [0, 0.05) is 6.04 Å². The van der Waals surface area contributed by atoms with E-state index in [0.29, 0.717) is 5.56 Å². The van der Waals surface area contributed by atoms with Crippen LogP contribution in [0.25, 0.3) is 0 Å². The molecule has 0 saturated heterocycles. The molecule has 1 aromatic heterocycles. The third-order valence-electron chi connectivity index (χ3n) is 4.31. The monoisotopic (exact) mass is 381 g/mol. The molecular weight excluding hydrogens is 358 g/mol. The van der Waals surface area contributed by atoms with Crippen LogP contribution in [0.5, 0.6) is 0 Å². The summed E-state index contributed by atoms with van der Waals surface area (Å²) in [6.45, 7) is 5.78. The highest BCUT2D eigenvalue weighted by Gasteiger charge is 2.17. The highest BCUT2D eigenvalue weighted by molar-refractivity contribution is 7.92. The molecule has 6 heteroatoms. The molecule has 0 aliphatic heterocycles. The van der Waals surface area contributed by atoms with Gasteiger partial charge >= 0.3 is 0 Å². The molecule has 0 bridgehead atoms. The van der Waals surface area contributed by atoms with Crippen molar-refractivity contribution < 1.29 is 8.42 Å². The number of sulfonamides is 1. The Balaban J connectivity index is 1.72. The number of benzene rings is 2. The first-order valence-electron chi connectivity index (χ1n) is 8.73. The van der Waals surface area contributed by atoms with Crippen molar-refractivity contribution in [2.75, 3.05) is 10.0 Å². The van der Waals surface area contributed by atoms with Gasteiger partial charge in [0.15, 0.2) is 0 Å². The molecule has 2 aromatic carbocycles. The van der Waals surface area contributed by atoms with E-state index < -0.39 is 10.0 Å². The van der Waals surface area contributed by atoms with Crippen molar-refractivity contribution in [2.24, 2.45) is 0 Å². The third kappa shape index (κ3) is 4.65. The highest BCUT2D eigenvalue weighted by Crippen LogP contribution is 2.22. The summed E-state index contributed by atoms with van der Waals surface area (Å²) in [5, 5.41) is 3.36. The fourth-order valence-corrected chi connectivity index (χ4v) is 4.14. The normalized spacial score (nSPS) is 12.4. The molecular formula is C21H23N3O2S. The molecule has 27 heavy (non-hydrogen) atoms. The molecule has 1 heterocycles. The zero-order chi connectivity index (χ0) is 19.4. The van der Waals surface area contributed by atoms with E-state index in [1.54, 1.807) is 31.3 Å². The predicted octanol–water partition coefficient (Wildman–Crippen LogP) is 4.67. The van der Waals surface area contributed by atoms with Crippen LogP contribution in [0.4, 0.5) is 11.5 Å². The number of nitrogens with zero attached hydrogens (tertiary/aromatic N) is 1. The topological polar surface area (TPSA) is 71.1 Å². The van der Waals surface area contributed by atoms with E-state index in [2.05, 4.69) is 34.1 Å². The second kappa shape index (κ2) is 7.80. The maximum atomic E-state index is 12.6. The lowest BCUT2D eigenvalue weighted by atomic mass is 10.1. The average molecular weight is 382 g/mol. The molecule has 3 rings (SSSR count). The van der Waals surface area contributed by atoms with Gasteiger partial charge in [0.25, 0.3) is 10.0 Å². The van der Waals surface area contributed by atoms with Crippen molar-refractivity contribution in [2.45, 2.75) is 31.7 Å². The van der Waals surface area contributed by atoms with Crippen LogP contribution in [0.2, 0.25) is 0 Å². The standard InChI is InChI=1S/C21H23N3O2S/c1-15-9-11-20(16(2)13-15)27(25,26)24-21-12-10-19(14-22-21)23-17(3)18-7-5-4-6-8-18/h4-14,17,23H,1-3H3,(H,22,24). The summed E-state index contributed by atoms with van der Waals surface area (Å²) in [5.74, 6) is 0.285. The molecule has 5 nitrogen and oxygen atoms in total. The number of pyridine rings is 1. The molecule has 0 saturated carbocycles. The molecule has 140 valence electrons. The molecule has 1 atom stereocenters. The second-order valence-electron chi connectivity index (χ2n) is 6.58. The molecule has 0 radical (unpaired) electrons. The van der Waals surface area contributed by atoms with Gasteiger partial charge in [-0.3, -0.25) is 4.72 Å². The zero-order valence-electron chi connectivity index (χ0n) is 15.6. The van der Waals surface area contributed by atoms with Gasteiger partial charge in [-0.25, -0.2) is 13.4 Å². The van der Waals surface area contributed by atoms with Crippen LogP contribution < -0.4 is 10.0 Å². The first kappa shape index (κ1) is 18.9. The lowest BCUT2D eigenvalue weighted by Crippen LogP contribution is -2.15. The van der Waals surface area contributed by atoms with Gasteiger partial charge in [-0.1, -0.05) is 48.0 Å². The van der Waals surface area contributed by atoms with Gasteiger partial charge in [0.05, 0.1) is 16.8 Å². The summed E-state index contributed by atoms with van der Waals surface area (Å²) < 4.78 is 27.8. The minimum absolute atomic E-state index is 0.116. The molecule has 2 N–H and O–H groups in total. The summed E-state index contributed by atoms with van der Waals surface area (Å²) in [6.07, 6.45) is 1.62. The number of anilines is 2. The molecule has 0 fully saturated rings. The quantitative estimate of drug-likeness (QED) is 0.651. The van der Waals surface area contributed by atoms with E-state index in [0.717, 1.165) is 16.8 Å². The minimum Gasteiger partial charge on any atom is -0.377 e. The summed E-state index contributed by atoms with van der Waals surface area (Å²) in [7, 11) is -3.67. The minimum atomic E-state index is -3.67. The third-order valence-corrected chi connectivity index (χ3v) is 5.82. The van der Waals surface area contributed by atoms with Crippen LogP contribution in [0.1, 0.15) is 29.7 Å². The summed E-state index contributed by atoms with van der Waals surface area (Å²) >= 11 is 0. The van der Waals surface area contributed by atoms with Crippen molar-refractivity contribution in [1.29, 1.82) is 0 Å². The van der Waals surface area contributed by atoms with Gasteiger partial charge in [-0.2, -0.15) is 0 Å². The molecule has 0 aliphatic carbocycles. The Bertz CT molecular complexity index is 1020. The smallest absolute Gasteiger partial charge is 0.263 e. The Kier molecular flexibility index (Phi) is 5.46. The molecule has 0 amide bonds. The Morgan fingerprint density at radius 1 is 0.963 bits per heavy atom. The van der Waals surface area contributed by atoms with E-state index >= 15 is 0 Å². The maximum Gasteiger partial charge on any atom is 0.263 e. The van der Waals surface area contributed by atoms with Gasteiger partial charge < -0.3 is 5.32 Å². The van der Waals surface area contributed by atoms with Crippen LogP contribution >= 0.6 is 0 Å². The lowest BCUT2D eigenvalue weighted by Gasteiger charge is -2.16. The van der Waals surface area contributed by atoms with E-state index in [1.807, 2.05) is 37.3 Å². The van der Waals surface area contributed by atoms with Crippen molar-refractivity contribution in [3.05, 3.63) is 83.6 Å². The average Bonchev–Trinajstić information content (AvgIpc) is 2.63. The Labute approximate surface area is 160 Å². The molecule has 1 unspecified atom stereocenters. The second-order valence-corrected chi connectivity index (χ2v) is 8.23. The van der Waals surface area contributed by atoms with E-state index in [4.69, 9.17) is 0 Å². The van der Waals surface area contributed by atoms with Crippen molar-refractivity contribution in [1.82, 2.24) is 4.98 Å². The SMILES string of the molecule is Cc1ccc(S(=O)(=O)Nc2ccc(NC(C)c3ccccc3)cn2)c(C)c1. The van der Waals surface area contributed by atoms with Crippen molar-refractivity contribution in [3.63, 3.8) is 0 Å². The van der Waals surface area contributed by atoms with Crippen molar-refractivity contribution in [3.8, 4) is 0 Å². The first-order valence-corrected chi connectivity index (χ1v) is 10.2. The van der Waals surface area contributed by atoms with Crippen LogP contribution in [0.3, 0.4) is 0 Å². The number of hydrogen-bond donors (Lipinski definition) is 2. The van der Waals surface area contributed by atoms with Gasteiger partial charge in [0.2, 0.25) is 0 Å². The van der Waals surface area contributed by atoms with Crippen LogP contribution in [0, 0.1) is 13.8 Å². The fourth-order valence-electron chi connectivity index (χ4n) is 2.91. The van der Waals surface area contributed by atoms with E-state index in [9.17, 15) is 8.42 Å². The fraction of sp³-hybridized carbons (Fsp3) is 0.190. The van der Waals surface area contributed by atoms with E-state index in [1.165, 1.54) is 0 Å². The van der Waals surface area contributed by atoms with E-state index in [-0.39, 0.29) is 16.8 Å². The van der Waals surface area contributed by atoms with Gasteiger partial charge in [-0.05, 0) is 50.1 Å². The summed E-state index contributed by atoms with van der Waals surface area (Å²) in [5.41, 5.74) is 3.71. The largest absolute Gasteiger partial charge is 0.377 e. The van der Waals surface area contributed by atoms with Crippen LogP contribution in [-0.2, 0) is 10.0 Å². The Morgan fingerprint density at radius 2 is 1.70 bits per heavy atom. The van der Waals surface area contributed by atoms with Crippen molar-refractivity contribution >= 4 is 21.5 Å². The number of rotatable bonds is 6. The first-order chi connectivity index (χ1) is 12.8. The summed E-state index contributed by atoms with van der Waals surface area (Å²) in [4.78, 5) is 4.49. The molecule has 0 aliphatic rings. The highest BCUT2D eigenvalue weighted by atomic mass is 32.2. The van der Waals surface area contributed by atoms with Gasteiger partial charge in [0.1, 0.15) is 5.82 Å². The zero-order valence-corrected chi connectivity index (χ0v) is 16.4. The molecule has 3 aromatic rings.